The minimum Gasteiger partial charge on any atom is -0.352 e. The summed E-state index contributed by atoms with van der Waals surface area (Å²) in [7, 11) is 0. The SMILES string of the molecule is CCc1ccc(C(=O)CCC(=O)NC2CCCNC2C)cc1. The number of rotatable bonds is 6. The number of hydrogen-bond acceptors (Lipinski definition) is 3. The molecule has 1 saturated heterocycles. The van der Waals surface area contributed by atoms with E-state index in [1.165, 1.54) is 5.56 Å². The number of aryl methyl sites for hydroxylation is 1. The van der Waals surface area contributed by atoms with Crippen LogP contribution in [-0.2, 0) is 11.2 Å². The summed E-state index contributed by atoms with van der Waals surface area (Å²) in [6, 6.07) is 8.14. The molecule has 0 bridgehead atoms. The van der Waals surface area contributed by atoms with Crippen molar-refractivity contribution in [2.24, 2.45) is 0 Å². The van der Waals surface area contributed by atoms with Gasteiger partial charge < -0.3 is 10.6 Å². The highest BCUT2D eigenvalue weighted by atomic mass is 16.2. The molecule has 22 heavy (non-hydrogen) atoms. The Morgan fingerprint density at radius 1 is 1.23 bits per heavy atom. The lowest BCUT2D eigenvalue weighted by Gasteiger charge is -2.30. The van der Waals surface area contributed by atoms with Crippen molar-refractivity contribution in [1.82, 2.24) is 10.6 Å². The lowest BCUT2D eigenvalue weighted by atomic mass is 9.99. The minimum atomic E-state index is -0.0286. The molecule has 1 aromatic rings. The van der Waals surface area contributed by atoms with Crippen LogP contribution in [0.3, 0.4) is 0 Å². The Hall–Kier alpha value is -1.68. The lowest BCUT2D eigenvalue weighted by Crippen LogP contribution is -2.51. The molecule has 120 valence electrons. The van der Waals surface area contributed by atoms with Gasteiger partial charge in [-0.2, -0.15) is 0 Å². The first kappa shape index (κ1) is 16.7. The highest BCUT2D eigenvalue weighted by Crippen LogP contribution is 2.11. The first-order chi connectivity index (χ1) is 10.6. The first-order valence-electron chi connectivity index (χ1n) is 8.25. The van der Waals surface area contributed by atoms with Gasteiger partial charge in [-0.15, -0.1) is 0 Å². The minimum absolute atomic E-state index is 0.0286. The Labute approximate surface area is 132 Å². The average molecular weight is 302 g/mol. The zero-order valence-electron chi connectivity index (χ0n) is 13.5. The van der Waals surface area contributed by atoms with Gasteiger partial charge >= 0.3 is 0 Å². The second-order valence-electron chi connectivity index (χ2n) is 6.03. The Bertz CT molecular complexity index is 510. The third kappa shape index (κ3) is 4.67. The van der Waals surface area contributed by atoms with Crippen LogP contribution in [0.2, 0.25) is 0 Å². The number of piperidine rings is 1. The summed E-state index contributed by atoms with van der Waals surface area (Å²) in [4.78, 5) is 24.1. The fourth-order valence-electron chi connectivity index (χ4n) is 2.82. The third-order valence-corrected chi connectivity index (χ3v) is 4.37. The van der Waals surface area contributed by atoms with E-state index in [0.29, 0.717) is 11.6 Å². The smallest absolute Gasteiger partial charge is 0.220 e. The van der Waals surface area contributed by atoms with Gasteiger partial charge in [0.25, 0.3) is 0 Å². The van der Waals surface area contributed by atoms with Gasteiger partial charge in [0, 0.05) is 30.5 Å². The predicted octanol–water partition coefficient (Wildman–Crippen LogP) is 2.47. The fraction of sp³-hybridized carbons (Fsp3) is 0.556. The molecule has 2 rings (SSSR count). The molecule has 4 heteroatoms. The summed E-state index contributed by atoms with van der Waals surface area (Å²) in [5.41, 5.74) is 1.91. The number of benzene rings is 1. The molecule has 1 amide bonds. The maximum atomic E-state index is 12.1. The summed E-state index contributed by atoms with van der Waals surface area (Å²) in [6.45, 7) is 5.19. The Morgan fingerprint density at radius 3 is 2.59 bits per heavy atom. The first-order valence-corrected chi connectivity index (χ1v) is 8.25. The number of hydrogen-bond donors (Lipinski definition) is 2. The highest BCUT2D eigenvalue weighted by Gasteiger charge is 2.22. The standard InChI is InChI=1S/C18H26N2O2/c1-3-14-6-8-15(9-7-14)17(21)10-11-18(22)20-16-5-4-12-19-13(16)2/h6-9,13,16,19H,3-5,10-12H2,1-2H3,(H,20,22). The van der Waals surface area contributed by atoms with Crippen LogP contribution in [0.4, 0.5) is 0 Å². The maximum Gasteiger partial charge on any atom is 0.220 e. The van der Waals surface area contributed by atoms with Crippen molar-refractivity contribution < 1.29 is 9.59 Å². The summed E-state index contributed by atoms with van der Waals surface area (Å²) in [6.07, 6.45) is 3.58. The van der Waals surface area contributed by atoms with Gasteiger partial charge in [0.15, 0.2) is 5.78 Å². The number of carbonyl (C=O) groups is 2. The Morgan fingerprint density at radius 2 is 1.95 bits per heavy atom. The number of Topliss-reactive ketones (excluding diaryl/α,β-unsaturated/α-hetero) is 1. The molecule has 1 aliphatic heterocycles. The molecule has 1 aliphatic rings. The molecule has 1 fully saturated rings. The number of amides is 1. The summed E-state index contributed by atoms with van der Waals surface area (Å²) < 4.78 is 0. The molecule has 0 radical (unpaired) electrons. The van der Waals surface area contributed by atoms with Gasteiger partial charge in [-0.3, -0.25) is 9.59 Å². The molecular weight excluding hydrogens is 276 g/mol. The van der Waals surface area contributed by atoms with Crippen LogP contribution in [0.5, 0.6) is 0 Å². The van der Waals surface area contributed by atoms with Crippen LogP contribution in [0, 0.1) is 0 Å². The Balaban J connectivity index is 1.78. The van der Waals surface area contributed by atoms with Crippen molar-refractivity contribution in [1.29, 1.82) is 0 Å². The van der Waals surface area contributed by atoms with Gasteiger partial charge in [0.2, 0.25) is 5.91 Å². The van der Waals surface area contributed by atoms with Crippen LogP contribution in [0.1, 0.15) is 55.5 Å². The lowest BCUT2D eigenvalue weighted by molar-refractivity contribution is -0.122. The van der Waals surface area contributed by atoms with E-state index < -0.39 is 0 Å². The fourth-order valence-corrected chi connectivity index (χ4v) is 2.82. The molecule has 0 aromatic heterocycles. The molecule has 4 nitrogen and oxygen atoms in total. The third-order valence-electron chi connectivity index (χ3n) is 4.37. The maximum absolute atomic E-state index is 12.1. The van der Waals surface area contributed by atoms with Crippen LogP contribution < -0.4 is 10.6 Å². The largest absolute Gasteiger partial charge is 0.352 e. The second kappa shape index (κ2) is 8.08. The summed E-state index contributed by atoms with van der Waals surface area (Å²) in [5, 5.41) is 6.40. The quantitative estimate of drug-likeness (QED) is 0.794. The van der Waals surface area contributed by atoms with Gasteiger partial charge in [0.1, 0.15) is 0 Å². The molecule has 0 saturated carbocycles. The van der Waals surface area contributed by atoms with E-state index in [-0.39, 0.29) is 30.6 Å². The van der Waals surface area contributed by atoms with Crippen LogP contribution >= 0.6 is 0 Å². The van der Waals surface area contributed by atoms with Gasteiger partial charge in [-0.05, 0) is 38.3 Å². The molecule has 2 atom stereocenters. The van der Waals surface area contributed by atoms with Crippen LogP contribution in [-0.4, -0.2) is 30.3 Å². The van der Waals surface area contributed by atoms with E-state index >= 15 is 0 Å². The normalized spacial score (nSPS) is 21.4. The summed E-state index contributed by atoms with van der Waals surface area (Å²) >= 11 is 0. The van der Waals surface area contributed by atoms with E-state index in [4.69, 9.17) is 0 Å². The van der Waals surface area contributed by atoms with E-state index in [1.807, 2.05) is 24.3 Å². The van der Waals surface area contributed by atoms with E-state index in [2.05, 4.69) is 24.5 Å². The van der Waals surface area contributed by atoms with Gasteiger partial charge in [0.05, 0.1) is 0 Å². The second-order valence-corrected chi connectivity index (χ2v) is 6.03. The van der Waals surface area contributed by atoms with Crippen molar-refractivity contribution in [3.05, 3.63) is 35.4 Å². The zero-order chi connectivity index (χ0) is 15.9. The van der Waals surface area contributed by atoms with E-state index in [1.54, 1.807) is 0 Å². The van der Waals surface area contributed by atoms with Crippen LogP contribution in [0.15, 0.2) is 24.3 Å². The Kier molecular flexibility index (Phi) is 6.13. The molecule has 1 aromatic carbocycles. The molecule has 1 heterocycles. The number of nitrogens with one attached hydrogen (secondary N) is 2. The topological polar surface area (TPSA) is 58.2 Å². The number of carbonyl (C=O) groups excluding carboxylic acids is 2. The van der Waals surface area contributed by atoms with Crippen molar-refractivity contribution >= 4 is 11.7 Å². The van der Waals surface area contributed by atoms with E-state index in [9.17, 15) is 9.59 Å². The van der Waals surface area contributed by atoms with Crippen molar-refractivity contribution in [2.45, 2.75) is 58.0 Å². The molecule has 2 N–H and O–H groups in total. The van der Waals surface area contributed by atoms with Gasteiger partial charge in [-0.25, -0.2) is 0 Å². The zero-order valence-corrected chi connectivity index (χ0v) is 13.5. The van der Waals surface area contributed by atoms with Crippen molar-refractivity contribution in [3.8, 4) is 0 Å². The van der Waals surface area contributed by atoms with Crippen molar-refractivity contribution in [3.63, 3.8) is 0 Å². The monoisotopic (exact) mass is 302 g/mol. The van der Waals surface area contributed by atoms with Crippen molar-refractivity contribution in [2.75, 3.05) is 6.54 Å². The molecular formula is C18H26N2O2. The van der Waals surface area contributed by atoms with Gasteiger partial charge in [-0.1, -0.05) is 31.2 Å². The highest BCUT2D eigenvalue weighted by molar-refractivity contribution is 5.98. The molecule has 0 aliphatic carbocycles. The predicted molar refractivity (Wildman–Crippen MR) is 88.0 cm³/mol. The number of ketones is 1. The average Bonchev–Trinajstić information content (AvgIpc) is 2.55. The molecule has 0 spiro atoms. The summed E-state index contributed by atoms with van der Waals surface area (Å²) in [5.74, 6) is 0.00620. The van der Waals surface area contributed by atoms with E-state index in [0.717, 1.165) is 25.8 Å². The van der Waals surface area contributed by atoms with Crippen LogP contribution in [0.25, 0.3) is 0 Å². The molecule has 2 unspecified atom stereocenters.